The third-order valence-corrected chi connectivity index (χ3v) is 5.09. The van der Waals surface area contributed by atoms with Crippen LogP contribution < -0.4 is 10.6 Å². The smallest absolute Gasteiger partial charge is 0.368 e. The van der Waals surface area contributed by atoms with Gasteiger partial charge < -0.3 is 10.6 Å². The van der Waals surface area contributed by atoms with Gasteiger partial charge in [0, 0.05) is 24.5 Å². The molecule has 3 heterocycles. The number of halogens is 3. The molecule has 152 valence electrons. The number of aromatic nitrogens is 3. The van der Waals surface area contributed by atoms with E-state index in [0.29, 0.717) is 11.5 Å². The summed E-state index contributed by atoms with van der Waals surface area (Å²) in [5.74, 6) is 0.386. The van der Waals surface area contributed by atoms with Gasteiger partial charge in [0.25, 0.3) is 5.91 Å². The number of hydrogen-bond donors (Lipinski definition) is 2. The van der Waals surface area contributed by atoms with Crippen LogP contribution in [0.2, 0.25) is 0 Å². The fraction of sp³-hybridized carbons (Fsp3) is 0.350. The lowest BCUT2D eigenvalue weighted by Crippen LogP contribution is -2.40. The van der Waals surface area contributed by atoms with E-state index in [-0.39, 0.29) is 23.6 Å². The van der Waals surface area contributed by atoms with E-state index in [1.165, 1.54) is 4.40 Å². The Morgan fingerprint density at radius 1 is 1.03 bits per heavy atom. The molecule has 0 spiro atoms. The highest BCUT2D eigenvalue weighted by molar-refractivity contribution is 5.92. The quantitative estimate of drug-likeness (QED) is 0.693. The molecule has 3 aromatic rings. The second kappa shape index (κ2) is 7.73. The van der Waals surface area contributed by atoms with Gasteiger partial charge in [-0.25, -0.2) is 4.98 Å². The van der Waals surface area contributed by atoms with Crippen LogP contribution in [0.1, 0.15) is 41.9 Å². The number of pyridine rings is 2. The predicted octanol–water partition coefficient (Wildman–Crippen LogP) is 3.90. The summed E-state index contributed by atoms with van der Waals surface area (Å²) in [6.45, 7) is 0. The zero-order valence-electron chi connectivity index (χ0n) is 15.5. The van der Waals surface area contributed by atoms with E-state index in [2.05, 4.69) is 20.6 Å². The molecule has 4 rings (SSSR count). The van der Waals surface area contributed by atoms with Gasteiger partial charge in [-0.3, -0.25) is 14.2 Å². The van der Waals surface area contributed by atoms with Crippen molar-refractivity contribution in [2.24, 2.45) is 0 Å². The number of rotatable bonds is 4. The number of carbonyl (C=O) groups excluding carboxylic acids is 1. The van der Waals surface area contributed by atoms with Gasteiger partial charge in [-0.1, -0.05) is 12.1 Å². The summed E-state index contributed by atoms with van der Waals surface area (Å²) >= 11 is 0. The zero-order valence-corrected chi connectivity index (χ0v) is 15.5. The molecule has 1 fully saturated rings. The van der Waals surface area contributed by atoms with Gasteiger partial charge >= 0.3 is 6.18 Å². The van der Waals surface area contributed by atoms with Crippen molar-refractivity contribution in [2.75, 3.05) is 5.32 Å². The van der Waals surface area contributed by atoms with Crippen LogP contribution >= 0.6 is 0 Å². The first-order valence-electron chi connectivity index (χ1n) is 9.44. The summed E-state index contributed by atoms with van der Waals surface area (Å²) < 4.78 is 40.3. The Morgan fingerprint density at radius 3 is 2.48 bits per heavy atom. The third kappa shape index (κ3) is 4.33. The third-order valence-electron chi connectivity index (χ3n) is 5.09. The van der Waals surface area contributed by atoms with E-state index in [1.807, 2.05) is 0 Å². The van der Waals surface area contributed by atoms with Crippen LogP contribution in [0.25, 0.3) is 5.65 Å². The highest BCUT2D eigenvalue weighted by Gasteiger charge is 2.34. The second-order valence-corrected chi connectivity index (χ2v) is 7.14. The number of amides is 1. The fourth-order valence-electron chi connectivity index (χ4n) is 3.61. The number of hydrogen-bond acceptors (Lipinski definition) is 4. The van der Waals surface area contributed by atoms with E-state index < -0.39 is 11.9 Å². The van der Waals surface area contributed by atoms with Gasteiger partial charge in [-0.2, -0.15) is 13.2 Å². The molecule has 0 unspecified atom stereocenters. The minimum Gasteiger partial charge on any atom is -0.368 e. The molecule has 1 aliphatic rings. The summed E-state index contributed by atoms with van der Waals surface area (Å²) in [5.41, 5.74) is -0.272. The van der Waals surface area contributed by atoms with Crippen molar-refractivity contribution < 1.29 is 18.0 Å². The average molecular weight is 403 g/mol. The van der Waals surface area contributed by atoms with Gasteiger partial charge in [0.05, 0.1) is 0 Å². The number of nitrogens with one attached hydrogen (secondary N) is 2. The van der Waals surface area contributed by atoms with E-state index in [0.717, 1.165) is 31.9 Å². The van der Waals surface area contributed by atoms with Crippen LogP contribution in [-0.4, -0.2) is 32.4 Å². The molecule has 0 aliphatic heterocycles. The molecular formula is C20H20F3N5O. The van der Waals surface area contributed by atoms with Gasteiger partial charge in [0.15, 0.2) is 5.69 Å². The minimum absolute atomic E-state index is 0.0587. The van der Waals surface area contributed by atoms with Crippen LogP contribution in [0, 0.1) is 0 Å². The molecule has 3 aromatic heterocycles. The summed E-state index contributed by atoms with van der Waals surface area (Å²) in [6.07, 6.45) is 1.27. The maximum Gasteiger partial charge on any atom is 0.434 e. The Kier molecular flexibility index (Phi) is 5.12. The number of anilines is 1. The largest absolute Gasteiger partial charge is 0.434 e. The van der Waals surface area contributed by atoms with Crippen LogP contribution in [0.5, 0.6) is 0 Å². The first-order chi connectivity index (χ1) is 13.9. The normalized spacial score (nSPS) is 19.8. The molecule has 9 heteroatoms. The van der Waals surface area contributed by atoms with Gasteiger partial charge in [-0.05, 0) is 49.9 Å². The lowest BCUT2D eigenvalue weighted by Gasteiger charge is -2.30. The van der Waals surface area contributed by atoms with Crippen LogP contribution in [0.4, 0.5) is 19.0 Å². The maximum atomic E-state index is 13.0. The Bertz CT molecular complexity index is 994. The van der Waals surface area contributed by atoms with E-state index in [9.17, 15) is 18.0 Å². The molecule has 0 atom stereocenters. The fourth-order valence-corrected chi connectivity index (χ4v) is 3.61. The predicted molar refractivity (Wildman–Crippen MR) is 102 cm³/mol. The summed E-state index contributed by atoms with van der Waals surface area (Å²) in [4.78, 5) is 19.9. The lowest BCUT2D eigenvalue weighted by molar-refractivity contribution is -0.140. The van der Waals surface area contributed by atoms with Crippen LogP contribution in [-0.2, 0) is 6.18 Å². The molecule has 0 radical (unpaired) electrons. The Hall–Kier alpha value is -3.10. The molecule has 0 saturated heterocycles. The van der Waals surface area contributed by atoms with Crippen molar-refractivity contribution in [2.45, 2.75) is 43.9 Å². The molecule has 0 bridgehead atoms. The second-order valence-electron chi connectivity index (χ2n) is 7.14. The van der Waals surface area contributed by atoms with Crippen molar-refractivity contribution in [3.63, 3.8) is 0 Å². The first-order valence-corrected chi connectivity index (χ1v) is 9.44. The highest BCUT2D eigenvalue weighted by Crippen LogP contribution is 2.30. The Labute approximate surface area is 165 Å². The number of fused-ring (bicyclic) bond motifs is 1. The van der Waals surface area contributed by atoms with Gasteiger partial charge in [0.2, 0.25) is 0 Å². The van der Waals surface area contributed by atoms with Crippen molar-refractivity contribution in [3.8, 4) is 0 Å². The Balaban J connectivity index is 1.37. The number of carbonyl (C=O) groups is 1. The minimum atomic E-state index is -4.48. The average Bonchev–Trinajstić information content (AvgIpc) is 3.16. The highest BCUT2D eigenvalue weighted by atomic mass is 19.4. The van der Waals surface area contributed by atoms with Crippen LogP contribution in [0.3, 0.4) is 0 Å². The van der Waals surface area contributed by atoms with Crippen LogP contribution in [0.15, 0.2) is 48.8 Å². The maximum absolute atomic E-state index is 13.0. The standard InChI is InChI=1S/C20H20F3N5O/c21-20(22,23)16-12-28-17(5-3-6-18(28)27-16)25-13-7-9-14(10-8-13)26-19(29)15-4-1-2-11-24-15/h1-6,11-14,25H,7-10H2,(H,26,29). The summed E-state index contributed by atoms with van der Waals surface area (Å²) in [7, 11) is 0. The molecule has 1 amide bonds. The van der Waals surface area contributed by atoms with Gasteiger partial charge in [0.1, 0.15) is 17.2 Å². The monoisotopic (exact) mass is 403 g/mol. The SMILES string of the molecule is O=C(NC1CCC(Nc2cccc3nc(C(F)(F)F)cn23)CC1)c1ccccn1. The van der Waals surface area contributed by atoms with Crippen molar-refractivity contribution in [1.82, 2.24) is 19.7 Å². The van der Waals surface area contributed by atoms with Crippen molar-refractivity contribution >= 4 is 17.4 Å². The van der Waals surface area contributed by atoms with E-state index >= 15 is 0 Å². The van der Waals surface area contributed by atoms with E-state index in [4.69, 9.17) is 0 Å². The molecular weight excluding hydrogens is 383 g/mol. The van der Waals surface area contributed by atoms with E-state index in [1.54, 1.807) is 42.6 Å². The molecule has 1 saturated carbocycles. The molecule has 6 nitrogen and oxygen atoms in total. The molecule has 1 aliphatic carbocycles. The zero-order chi connectivity index (χ0) is 20.4. The first kappa shape index (κ1) is 19.2. The summed E-state index contributed by atoms with van der Waals surface area (Å²) in [5, 5.41) is 6.32. The Morgan fingerprint density at radius 2 is 1.79 bits per heavy atom. The number of nitrogens with zero attached hydrogens (tertiary/aromatic N) is 3. The topological polar surface area (TPSA) is 71.3 Å². The summed E-state index contributed by atoms with van der Waals surface area (Å²) in [6, 6.07) is 10.3. The van der Waals surface area contributed by atoms with Crippen molar-refractivity contribution in [3.05, 3.63) is 60.2 Å². The molecule has 29 heavy (non-hydrogen) atoms. The van der Waals surface area contributed by atoms with Crippen molar-refractivity contribution in [1.29, 1.82) is 0 Å². The van der Waals surface area contributed by atoms with Gasteiger partial charge in [-0.15, -0.1) is 0 Å². The molecule has 0 aromatic carbocycles. The lowest BCUT2D eigenvalue weighted by atomic mass is 9.91. The molecule has 2 N–H and O–H groups in total. The number of imidazole rings is 1. The number of alkyl halides is 3.